The number of rotatable bonds is 3. The first kappa shape index (κ1) is 14.3. The fourth-order valence-corrected chi connectivity index (χ4v) is 2.38. The van der Waals surface area contributed by atoms with E-state index in [0.29, 0.717) is 20.8 Å². The van der Waals surface area contributed by atoms with Crippen LogP contribution in [0.4, 0.5) is 4.39 Å². The summed E-state index contributed by atoms with van der Waals surface area (Å²) in [5, 5.41) is 10.8. The summed E-state index contributed by atoms with van der Waals surface area (Å²) < 4.78 is 19.4. The quantitative estimate of drug-likeness (QED) is 0.897. The zero-order chi connectivity index (χ0) is 14.0. The Morgan fingerprint density at radius 2 is 2.00 bits per heavy atom. The van der Waals surface area contributed by atoms with Crippen LogP contribution in [0.15, 0.2) is 40.9 Å². The standard InChI is InChI=1S/C14H11BrClFO2/c1-19-12-6-5-8(16)7-10(12)14(18)9-3-2-4-11(15)13(9)17/h2-7,14,18H,1H3. The molecule has 2 aromatic carbocycles. The Balaban J connectivity index is 2.52. The van der Waals surface area contributed by atoms with Crippen LogP contribution in [0.3, 0.4) is 0 Å². The van der Waals surface area contributed by atoms with Crippen LogP contribution < -0.4 is 4.74 Å². The van der Waals surface area contributed by atoms with Gasteiger partial charge in [0.1, 0.15) is 17.7 Å². The summed E-state index contributed by atoms with van der Waals surface area (Å²) in [5.41, 5.74) is 0.585. The Morgan fingerprint density at radius 3 is 2.68 bits per heavy atom. The zero-order valence-corrected chi connectivity index (χ0v) is 12.4. The fraction of sp³-hybridized carbons (Fsp3) is 0.143. The van der Waals surface area contributed by atoms with Gasteiger partial charge in [0.15, 0.2) is 0 Å². The second-order valence-corrected chi connectivity index (χ2v) is 5.22. The van der Waals surface area contributed by atoms with E-state index >= 15 is 0 Å². The van der Waals surface area contributed by atoms with E-state index in [1.807, 2.05) is 0 Å². The van der Waals surface area contributed by atoms with Gasteiger partial charge in [-0.3, -0.25) is 0 Å². The highest BCUT2D eigenvalue weighted by molar-refractivity contribution is 9.10. The molecular formula is C14H11BrClFO2. The third-order valence-electron chi connectivity index (χ3n) is 2.76. The topological polar surface area (TPSA) is 29.5 Å². The molecule has 0 bridgehead atoms. The molecule has 2 rings (SSSR count). The van der Waals surface area contributed by atoms with Gasteiger partial charge in [-0.2, -0.15) is 0 Å². The van der Waals surface area contributed by atoms with Crippen LogP contribution in [-0.4, -0.2) is 12.2 Å². The van der Waals surface area contributed by atoms with E-state index < -0.39 is 11.9 Å². The Hall–Kier alpha value is -1.10. The van der Waals surface area contributed by atoms with E-state index in [2.05, 4.69) is 15.9 Å². The SMILES string of the molecule is COc1ccc(Cl)cc1C(O)c1cccc(Br)c1F. The van der Waals surface area contributed by atoms with Crippen molar-refractivity contribution in [2.45, 2.75) is 6.10 Å². The number of ether oxygens (including phenoxy) is 1. The minimum Gasteiger partial charge on any atom is -0.496 e. The maximum absolute atomic E-state index is 14.0. The van der Waals surface area contributed by atoms with E-state index in [1.54, 1.807) is 30.3 Å². The molecular weight excluding hydrogens is 335 g/mol. The minimum atomic E-state index is -1.15. The summed E-state index contributed by atoms with van der Waals surface area (Å²) in [4.78, 5) is 0. The molecule has 0 aliphatic heterocycles. The predicted octanol–water partition coefficient (Wildman–Crippen LogP) is 4.33. The normalized spacial score (nSPS) is 12.3. The van der Waals surface area contributed by atoms with Crippen molar-refractivity contribution in [2.75, 3.05) is 7.11 Å². The molecule has 1 N–H and O–H groups in total. The van der Waals surface area contributed by atoms with Gasteiger partial charge in [0.25, 0.3) is 0 Å². The van der Waals surface area contributed by atoms with Crippen LogP contribution in [0.25, 0.3) is 0 Å². The lowest BCUT2D eigenvalue weighted by atomic mass is 10.0. The minimum absolute atomic E-state index is 0.162. The molecule has 0 aromatic heterocycles. The molecule has 0 saturated carbocycles. The molecule has 5 heteroatoms. The largest absolute Gasteiger partial charge is 0.496 e. The highest BCUT2D eigenvalue weighted by atomic mass is 79.9. The summed E-state index contributed by atoms with van der Waals surface area (Å²) in [6, 6.07) is 9.59. The van der Waals surface area contributed by atoms with Gasteiger partial charge in [-0.05, 0) is 40.2 Å². The molecule has 2 nitrogen and oxygen atoms in total. The summed E-state index contributed by atoms with van der Waals surface area (Å²) in [5.74, 6) is -0.0479. The Kier molecular flexibility index (Phi) is 4.45. The van der Waals surface area contributed by atoms with Crippen molar-refractivity contribution in [3.8, 4) is 5.75 Å². The Labute approximate surface area is 123 Å². The van der Waals surface area contributed by atoms with Crippen molar-refractivity contribution in [1.82, 2.24) is 0 Å². The van der Waals surface area contributed by atoms with Crippen molar-refractivity contribution in [3.63, 3.8) is 0 Å². The lowest BCUT2D eigenvalue weighted by Crippen LogP contribution is -2.05. The molecule has 100 valence electrons. The molecule has 1 atom stereocenters. The van der Waals surface area contributed by atoms with Gasteiger partial charge < -0.3 is 9.84 Å². The molecule has 0 heterocycles. The fourth-order valence-electron chi connectivity index (χ4n) is 1.82. The van der Waals surface area contributed by atoms with Crippen molar-refractivity contribution in [3.05, 3.63) is 62.8 Å². The molecule has 0 spiro atoms. The summed E-state index contributed by atoms with van der Waals surface area (Å²) in [6.07, 6.45) is -1.15. The van der Waals surface area contributed by atoms with Gasteiger partial charge in [-0.15, -0.1) is 0 Å². The summed E-state index contributed by atoms with van der Waals surface area (Å²) >= 11 is 9.00. The van der Waals surface area contributed by atoms with Gasteiger partial charge in [-0.1, -0.05) is 23.7 Å². The molecule has 2 aromatic rings. The number of hydrogen-bond acceptors (Lipinski definition) is 2. The maximum Gasteiger partial charge on any atom is 0.143 e. The van der Waals surface area contributed by atoms with E-state index in [9.17, 15) is 9.50 Å². The zero-order valence-electron chi connectivity index (χ0n) is 10.0. The van der Waals surface area contributed by atoms with Gasteiger partial charge in [0.2, 0.25) is 0 Å². The first-order valence-corrected chi connectivity index (χ1v) is 6.67. The smallest absolute Gasteiger partial charge is 0.143 e. The monoisotopic (exact) mass is 344 g/mol. The van der Waals surface area contributed by atoms with Crippen molar-refractivity contribution in [2.24, 2.45) is 0 Å². The number of hydrogen-bond donors (Lipinski definition) is 1. The maximum atomic E-state index is 14.0. The second-order valence-electron chi connectivity index (χ2n) is 3.93. The van der Waals surface area contributed by atoms with E-state index in [4.69, 9.17) is 16.3 Å². The first-order valence-electron chi connectivity index (χ1n) is 5.50. The molecule has 1 unspecified atom stereocenters. The molecule has 0 aliphatic rings. The lowest BCUT2D eigenvalue weighted by molar-refractivity contribution is 0.209. The number of benzene rings is 2. The van der Waals surface area contributed by atoms with Crippen LogP contribution >= 0.6 is 27.5 Å². The highest BCUT2D eigenvalue weighted by Gasteiger charge is 2.20. The number of aliphatic hydroxyl groups is 1. The van der Waals surface area contributed by atoms with E-state index in [-0.39, 0.29) is 5.56 Å². The van der Waals surface area contributed by atoms with E-state index in [0.717, 1.165) is 0 Å². The van der Waals surface area contributed by atoms with Crippen molar-refractivity contribution in [1.29, 1.82) is 0 Å². The molecule has 0 amide bonds. The van der Waals surface area contributed by atoms with Crippen LogP contribution in [0, 0.1) is 5.82 Å². The van der Waals surface area contributed by atoms with Gasteiger partial charge in [-0.25, -0.2) is 4.39 Å². The number of halogens is 3. The van der Waals surface area contributed by atoms with Crippen LogP contribution in [0.5, 0.6) is 5.75 Å². The third-order valence-corrected chi connectivity index (χ3v) is 3.61. The predicted molar refractivity (Wildman–Crippen MR) is 76.2 cm³/mol. The number of methoxy groups -OCH3 is 1. The van der Waals surface area contributed by atoms with Gasteiger partial charge >= 0.3 is 0 Å². The first-order chi connectivity index (χ1) is 9.04. The van der Waals surface area contributed by atoms with Gasteiger partial charge in [0.05, 0.1) is 11.6 Å². The van der Waals surface area contributed by atoms with Gasteiger partial charge in [0, 0.05) is 16.1 Å². The van der Waals surface area contributed by atoms with Crippen LogP contribution in [-0.2, 0) is 0 Å². The highest BCUT2D eigenvalue weighted by Crippen LogP contribution is 2.34. The van der Waals surface area contributed by atoms with Crippen molar-refractivity contribution < 1.29 is 14.2 Å². The van der Waals surface area contributed by atoms with Crippen molar-refractivity contribution >= 4 is 27.5 Å². The molecule has 0 fully saturated rings. The Morgan fingerprint density at radius 1 is 1.26 bits per heavy atom. The van der Waals surface area contributed by atoms with Crippen LogP contribution in [0.1, 0.15) is 17.2 Å². The second kappa shape index (κ2) is 5.90. The average molecular weight is 346 g/mol. The molecule has 19 heavy (non-hydrogen) atoms. The summed E-state index contributed by atoms with van der Waals surface area (Å²) in [7, 11) is 1.48. The Bertz CT molecular complexity index is 604. The molecule has 0 saturated heterocycles. The molecule has 0 radical (unpaired) electrons. The molecule has 0 aliphatic carbocycles. The number of aliphatic hydroxyl groups excluding tert-OH is 1. The third kappa shape index (κ3) is 2.91. The summed E-state index contributed by atoms with van der Waals surface area (Å²) in [6.45, 7) is 0. The van der Waals surface area contributed by atoms with Crippen LogP contribution in [0.2, 0.25) is 5.02 Å². The van der Waals surface area contributed by atoms with E-state index in [1.165, 1.54) is 13.2 Å². The lowest BCUT2D eigenvalue weighted by Gasteiger charge is -2.16. The average Bonchev–Trinajstić information content (AvgIpc) is 2.41.